The number of rotatable bonds is 12. The molecule has 1 heterocycles. The summed E-state index contributed by atoms with van der Waals surface area (Å²) in [7, 11) is 1.73. The molecular weight excluding hydrogens is 564 g/mol. The van der Waals surface area contributed by atoms with E-state index in [1.54, 1.807) is 32.2 Å². The number of nitrogens with zero attached hydrogens (tertiary/aromatic N) is 2. The standard InChI is InChI=1S/C29H32BF3N6O4/c1-5-7-21(35)23-24(36-4)26(40)39-25(38-23)19-12-17(9-11-22(19)43-6-2)30-15-28(3,42)27(41)37-18-10-8-16(14-34)20(13-18)29(31,32)33/h8-13,30,35-36,42H,5-7,15H2,1-4H3,(H,37,41)(H,38,39,40). The molecular formula is C29H32BF3N6O4. The summed E-state index contributed by atoms with van der Waals surface area (Å²) in [5.41, 5.74) is -2.78. The van der Waals surface area contributed by atoms with Gasteiger partial charge in [-0.05, 0) is 50.9 Å². The predicted molar refractivity (Wildman–Crippen MR) is 160 cm³/mol. The van der Waals surface area contributed by atoms with Crippen LogP contribution in [0.15, 0.2) is 41.2 Å². The molecule has 0 aliphatic rings. The van der Waals surface area contributed by atoms with Gasteiger partial charge in [-0.25, -0.2) is 4.98 Å². The topological polar surface area (TPSA) is 164 Å². The number of ether oxygens (including phenoxy) is 1. The molecule has 1 aromatic heterocycles. The lowest BCUT2D eigenvalue weighted by atomic mass is 9.62. The molecule has 0 saturated heterocycles. The van der Waals surface area contributed by atoms with E-state index in [1.807, 2.05) is 6.92 Å². The first-order chi connectivity index (χ1) is 20.2. The maximum Gasteiger partial charge on any atom is 0.417 e. The molecule has 14 heteroatoms. The predicted octanol–water partition coefficient (Wildman–Crippen LogP) is 3.81. The van der Waals surface area contributed by atoms with Gasteiger partial charge in [-0.1, -0.05) is 30.9 Å². The van der Waals surface area contributed by atoms with Gasteiger partial charge in [0.25, 0.3) is 11.5 Å². The Hall–Kier alpha value is -4.64. The Kier molecular flexibility index (Phi) is 10.4. The van der Waals surface area contributed by atoms with Gasteiger partial charge in [0.2, 0.25) is 0 Å². The van der Waals surface area contributed by atoms with Crippen LogP contribution < -0.4 is 26.4 Å². The van der Waals surface area contributed by atoms with E-state index in [0.717, 1.165) is 12.1 Å². The highest BCUT2D eigenvalue weighted by atomic mass is 19.4. The van der Waals surface area contributed by atoms with Crippen molar-refractivity contribution in [1.82, 2.24) is 9.97 Å². The Morgan fingerprint density at radius 2 is 1.95 bits per heavy atom. The smallest absolute Gasteiger partial charge is 0.417 e. The van der Waals surface area contributed by atoms with Gasteiger partial charge in [0.15, 0.2) is 7.28 Å². The summed E-state index contributed by atoms with van der Waals surface area (Å²) >= 11 is 0. The second-order valence-electron chi connectivity index (χ2n) is 9.98. The second kappa shape index (κ2) is 13.6. The van der Waals surface area contributed by atoms with Crippen molar-refractivity contribution in [3.63, 3.8) is 0 Å². The number of anilines is 2. The number of amides is 1. The number of H-pyrrole nitrogens is 1. The number of hydrogen-bond acceptors (Lipinski definition) is 8. The number of nitrogens with one attached hydrogen (secondary N) is 4. The highest BCUT2D eigenvalue weighted by Crippen LogP contribution is 2.34. The fourth-order valence-corrected chi connectivity index (χ4v) is 4.34. The number of halogens is 3. The SMILES string of the molecule is CCCC(=N)c1nc(-c2cc(BCC(C)(O)C(=O)Nc3ccc(C#N)c(C(F)(F)F)c3)ccc2OCC)[nH]c(=O)c1NC. The third kappa shape index (κ3) is 7.81. The average Bonchev–Trinajstić information content (AvgIpc) is 2.96. The van der Waals surface area contributed by atoms with Gasteiger partial charge < -0.3 is 30.9 Å². The van der Waals surface area contributed by atoms with Crippen LogP contribution in [0.3, 0.4) is 0 Å². The number of carbonyl (C=O) groups is 1. The number of benzene rings is 2. The molecule has 3 rings (SSSR count). The van der Waals surface area contributed by atoms with Crippen molar-refractivity contribution in [3.8, 4) is 23.2 Å². The second-order valence-corrected chi connectivity index (χ2v) is 9.98. The average molecular weight is 596 g/mol. The largest absolute Gasteiger partial charge is 0.493 e. The van der Waals surface area contributed by atoms with Crippen molar-refractivity contribution in [3.05, 3.63) is 63.6 Å². The summed E-state index contributed by atoms with van der Waals surface area (Å²) in [6.45, 7) is 5.27. The normalized spacial score (nSPS) is 12.5. The monoisotopic (exact) mass is 596 g/mol. The number of carbonyl (C=O) groups excluding carboxylic acids is 1. The Balaban J connectivity index is 1.89. The fraction of sp³-hybridized carbons (Fsp3) is 0.345. The molecule has 1 amide bonds. The minimum Gasteiger partial charge on any atom is -0.493 e. The first-order valence-corrected chi connectivity index (χ1v) is 13.6. The van der Waals surface area contributed by atoms with E-state index >= 15 is 0 Å². The molecule has 0 bridgehead atoms. The third-order valence-corrected chi connectivity index (χ3v) is 6.65. The Bertz CT molecular complexity index is 1620. The van der Waals surface area contributed by atoms with Crippen molar-refractivity contribution < 1.29 is 27.8 Å². The van der Waals surface area contributed by atoms with Crippen LogP contribution in [0.2, 0.25) is 6.32 Å². The molecule has 226 valence electrons. The molecule has 1 unspecified atom stereocenters. The zero-order chi connectivity index (χ0) is 31.9. The van der Waals surface area contributed by atoms with Gasteiger partial charge >= 0.3 is 6.18 Å². The van der Waals surface area contributed by atoms with Gasteiger partial charge in [-0.3, -0.25) is 9.59 Å². The number of alkyl halides is 3. The molecule has 0 fully saturated rings. The molecule has 0 aliphatic carbocycles. The molecule has 0 radical (unpaired) electrons. The molecule has 2 aromatic carbocycles. The maximum absolute atomic E-state index is 13.3. The number of nitriles is 1. The number of aromatic nitrogens is 2. The highest BCUT2D eigenvalue weighted by Gasteiger charge is 2.35. The van der Waals surface area contributed by atoms with Crippen molar-refractivity contribution in [1.29, 1.82) is 10.7 Å². The lowest BCUT2D eigenvalue weighted by molar-refractivity contribution is -0.137. The molecule has 1 atom stereocenters. The number of hydrogen-bond donors (Lipinski definition) is 5. The van der Waals surface area contributed by atoms with Crippen LogP contribution in [0.1, 0.15) is 50.4 Å². The maximum atomic E-state index is 13.3. The van der Waals surface area contributed by atoms with Gasteiger partial charge in [0.1, 0.15) is 28.6 Å². The van der Waals surface area contributed by atoms with Gasteiger partial charge in [0.05, 0.1) is 35.1 Å². The molecule has 0 saturated carbocycles. The van der Waals surface area contributed by atoms with E-state index in [0.29, 0.717) is 42.3 Å². The summed E-state index contributed by atoms with van der Waals surface area (Å²) in [6, 6.07) is 9.31. The molecule has 43 heavy (non-hydrogen) atoms. The minimum absolute atomic E-state index is 0.107. The van der Waals surface area contributed by atoms with Crippen molar-refractivity contribution in [2.75, 3.05) is 24.3 Å². The summed E-state index contributed by atoms with van der Waals surface area (Å²) in [5.74, 6) is -0.328. The minimum atomic E-state index is -4.80. The van der Waals surface area contributed by atoms with E-state index in [4.69, 9.17) is 15.4 Å². The van der Waals surface area contributed by atoms with E-state index in [2.05, 4.69) is 20.6 Å². The summed E-state index contributed by atoms with van der Waals surface area (Å²) < 4.78 is 45.7. The first-order valence-electron chi connectivity index (χ1n) is 13.6. The van der Waals surface area contributed by atoms with E-state index in [-0.39, 0.29) is 42.2 Å². The molecule has 3 aromatic rings. The van der Waals surface area contributed by atoms with Crippen LogP contribution in [-0.4, -0.2) is 53.2 Å². The van der Waals surface area contributed by atoms with Crippen LogP contribution in [0.25, 0.3) is 11.4 Å². The van der Waals surface area contributed by atoms with Crippen LogP contribution >= 0.6 is 0 Å². The Morgan fingerprint density at radius 1 is 1.23 bits per heavy atom. The molecule has 5 N–H and O–H groups in total. The van der Waals surface area contributed by atoms with Crippen molar-refractivity contribution in [2.24, 2.45) is 0 Å². The van der Waals surface area contributed by atoms with E-state index in [9.17, 15) is 27.9 Å². The highest BCUT2D eigenvalue weighted by molar-refractivity contribution is 6.54. The summed E-state index contributed by atoms with van der Waals surface area (Å²) in [6.07, 6.45) is -3.80. The number of aliphatic hydroxyl groups is 1. The summed E-state index contributed by atoms with van der Waals surface area (Å²) in [5, 5.41) is 33.4. The fourth-order valence-electron chi connectivity index (χ4n) is 4.34. The summed E-state index contributed by atoms with van der Waals surface area (Å²) in [4.78, 5) is 33.0. The molecule has 10 nitrogen and oxygen atoms in total. The van der Waals surface area contributed by atoms with E-state index < -0.39 is 34.4 Å². The molecule has 0 spiro atoms. The third-order valence-electron chi connectivity index (χ3n) is 6.65. The quantitative estimate of drug-likeness (QED) is 0.157. The molecule has 0 aliphatic heterocycles. The Morgan fingerprint density at radius 3 is 2.56 bits per heavy atom. The van der Waals surface area contributed by atoms with Gasteiger partial charge in [-0.2, -0.15) is 18.4 Å². The van der Waals surface area contributed by atoms with Crippen molar-refractivity contribution >= 4 is 35.7 Å². The number of aromatic amines is 1. The van der Waals surface area contributed by atoms with E-state index in [1.165, 1.54) is 13.0 Å². The Labute approximate surface area is 247 Å². The lowest BCUT2D eigenvalue weighted by Crippen LogP contribution is -2.42. The van der Waals surface area contributed by atoms with Crippen molar-refractivity contribution in [2.45, 2.75) is 51.7 Å². The first kappa shape index (κ1) is 32.9. The van der Waals surface area contributed by atoms with Crippen LogP contribution in [0.5, 0.6) is 5.75 Å². The van der Waals surface area contributed by atoms with Crippen LogP contribution in [0.4, 0.5) is 24.5 Å². The zero-order valence-corrected chi connectivity index (χ0v) is 24.2. The van der Waals surface area contributed by atoms with Crippen LogP contribution in [0, 0.1) is 16.7 Å². The van der Waals surface area contributed by atoms with Crippen LogP contribution in [-0.2, 0) is 11.0 Å². The zero-order valence-electron chi connectivity index (χ0n) is 24.2. The van der Waals surface area contributed by atoms with Gasteiger partial charge in [-0.15, -0.1) is 0 Å². The van der Waals surface area contributed by atoms with Gasteiger partial charge in [0, 0.05) is 12.7 Å². The lowest BCUT2D eigenvalue weighted by Gasteiger charge is -2.23.